The predicted octanol–water partition coefficient (Wildman–Crippen LogP) is 3.93. The molecule has 2 aromatic carbocycles. The summed E-state index contributed by atoms with van der Waals surface area (Å²) in [6, 6.07) is 14.6. The first kappa shape index (κ1) is 16.2. The minimum absolute atomic E-state index is 0.180. The SMILES string of the molecule is COc1cccc(NC(=O)c2cc(-c3ccc4c(c3)C[C@H](C)O4)on2)c1. The molecule has 1 aromatic heterocycles. The number of fused-ring (bicyclic) bond motifs is 1. The molecule has 0 fully saturated rings. The Labute approximate surface area is 150 Å². The number of anilines is 1. The molecule has 1 aliphatic heterocycles. The molecule has 4 rings (SSSR count). The minimum atomic E-state index is -0.341. The molecule has 132 valence electrons. The second-order valence-corrected chi connectivity index (χ2v) is 6.22. The van der Waals surface area contributed by atoms with Crippen molar-refractivity contribution in [2.75, 3.05) is 12.4 Å². The first-order chi connectivity index (χ1) is 12.6. The van der Waals surface area contributed by atoms with Crippen molar-refractivity contribution >= 4 is 11.6 Å². The number of rotatable bonds is 4. The number of carbonyl (C=O) groups excluding carboxylic acids is 1. The van der Waals surface area contributed by atoms with Crippen LogP contribution >= 0.6 is 0 Å². The van der Waals surface area contributed by atoms with E-state index in [1.54, 1.807) is 31.4 Å². The van der Waals surface area contributed by atoms with Crippen LogP contribution in [0.3, 0.4) is 0 Å². The summed E-state index contributed by atoms with van der Waals surface area (Å²) in [6.45, 7) is 2.04. The molecule has 0 saturated heterocycles. The molecular weight excluding hydrogens is 332 g/mol. The van der Waals surface area contributed by atoms with Gasteiger partial charge in [0.2, 0.25) is 0 Å². The molecule has 1 aliphatic rings. The zero-order chi connectivity index (χ0) is 18.1. The lowest BCUT2D eigenvalue weighted by Gasteiger charge is -2.04. The van der Waals surface area contributed by atoms with Crippen LogP contribution in [0.15, 0.2) is 53.1 Å². The lowest BCUT2D eigenvalue weighted by molar-refractivity contribution is 0.101. The van der Waals surface area contributed by atoms with Crippen molar-refractivity contribution in [3.63, 3.8) is 0 Å². The van der Waals surface area contributed by atoms with Crippen molar-refractivity contribution in [2.24, 2.45) is 0 Å². The van der Waals surface area contributed by atoms with Crippen LogP contribution in [0.2, 0.25) is 0 Å². The van der Waals surface area contributed by atoms with Crippen molar-refractivity contribution < 1.29 is 18.8 Å². The molecule has 0 bridgehead atoms. The standard InChI is InChI=1S/C20H18N2O4/c1-12-8-14-9-13(6-7-18(14)25-12)19-11-17(22-26-19)20(23)21-15-4-3-5-16(10-15)24-2/h3-7,9-12H,8H2,1-2H3,(H,21,23)/t12-/m0/s1. The summed E-state index contributed by atoms with van der Waals surface area (Å²) in [5.74, 6) is 1.77. The third kappa shape index (κ3) is 3.13. The normalized spacial score (nSPS) is 15.2. The Hall–Kier alpha value is -3.28. The van der Waals surface area contributed by atoms with Crippen molar-refractivity contribution in [2.45, 2.75) is 19.4 Å². The second kappa shape index (κ2) is 6.55. The van der Waals surface area contributed by atoms with E-state index in [2.05, 4.69) is 10.5 Å². The number of ether oxygens (including phenoxy) is 2. The third-order valence-corrected chi connectivity index (χ3v) is 4.25. The van der Waals surface area contributed by atoms with E-state index in [4.69, 9.17) is 14.0 Å². The fourth-order valence-electron chi connectivity index (χ4n) is 2.99. The van der Waals surface area contributed by atoms with Crippen molar-refractivity contribution in [3.8, 4) is 22.8 Å². The molecule has 26 heavy (non-hydrogen) atoms. The lowest BCUT2D eigenvalue weighted by atomic mass is 10.1. The third-order valence-electron chi connectivity index (χ3n) is 4.25. The highest BCUT2D eigenvalue weighted by Crippen LogP contribution is 2.33. The summed E-state index contributed by atoms with van der Waals surface area (Å²) >= 11 is 0. The second-order valence-electron chi connectivity index (χ2n) is 6.22. The summed E-state index contributed by atoms with van der Waals surface area (Å²) in [4.78, 5) is 12.4. The van der Waals surface area contributed by atoms with Crippen molar-refractivity contribution in [1.82, 2.24) is 5.16 Å². The molecule has 6 heteroatoms. The monoisotopic (exact) mass is 350 g/mol. The zero-order valence-corrected chi connectivity index (χ0v) is 14.5. The highest BCUT2D eigenvalue weighted by atomic mass is 16.5. The largest absolute Gasteiger partial charge is 0.497 e. The maximum Gasteiger partial charge on any atom is 0.277 e. The van der Waals surface area contributed by atoms with Crippen LogP contribution in [0, 0.1) is 0 Å². The summed E-state index contributed by atoms with van der Waals surface area (Å²) in [5.41, 5.74) is 2.85. The Morgan fingerprint density at radius 1 is 1.23 bits per heavy atom. The molecule has 0 aliphatic carbocycles. The number of hydrogen-bond acceptors (Lipinski definition) is 5. The smallest absolute Gasteiger partial charge is 0.277 e. The van der Waals surface area contributed by atoms with E-state index in [-0.39, 0.29) is 17.7 Å². The first-order valence-corrected chi connectivity index (χ1v) is 8.34. The highest BCUT2D eigenvalue weighted by molar-refractivity contribution is 6.03. The van der Waals surface area contributed by atoms with E-state index < -0.39 is 0 Å². The number of benzene rings is 2. The van der Waals surface area contributed by atoms with Gasteiger partial charge in [0.15, 0.2) is 11.5 Å². The van der Waals surface area contributed by atoms with Gasteiger partial charge >= 0.3 is 0 Å². The van der Waals surface area contributed by atoms with Gasteiger partial charge in [0, 0.05) is 29.8 Å². The minimum Gasteiger partial charge on any atom is -0.497 e. The van der Waals surface area contributed by atoms with Crippen molar-refractivity contribution in [1.29, 1.82) is 0 Å². The van der Waals surface area contributed by atoms with Gasteiger partial charge in [-0.3, -0.25) is 4.79 Å². The predicted molar refractivity (Wildman–Crippen MR) is 96.7 cm³/mol. The fraction of sp³-hybridized carbons (Fsp3) is 0.200. The molecule has 1 atom stereocenters. The fourth-order valence-corrected chi connectivity index (χ4v) is 2.99. The van der Waals surface area contributed by atoms with Gasteiger partial charge in [-0.05, 0) is 42.8 Å². The number of carbonyl (C=O) groups is 1. The number of amides is 1. The topological polar surface area (TPSA) is 73.6 Å². The molecule has 1 amide bonds. The Bertz CT molecular complexity index is 964. The van der Waals surface area contributed by atoms with E-state index in [1.807, 2.05) is 31.2 Å². The molecule has 6 nitrogen and oxygen atoms in total. The first-order valence-electron chi connectivity index (χ1n) is 8.34. The molecule has 0 saturated carbocycles. The molecular formula is C20H18N2O4. The summed E-state index contributed by atoms with van der Waals surface area (Å²) in [7, 11) is 1.58. The average molecular weight is 350 g/mol. The maximum absolute atomic E-state index is 12.4. The van der Waals surface area contributed by atoms with Crippen LogP contribution in [-0.4, -0.2) is 24.3 Å². The number of methoxy groups -OCH3 is 1. The maximum atomic E-state index is 12.4. The van der Waals surface area contributed by atoms with Crippen LogP contribution in [0.25, 0.3) is 11.3 Å². The quantitative estimate of drug-likeness (QED) is 0.772. The molecule has 2 heterocycles. The molecule has 1 N–H and O–H groups in total. The Morgan fingerprint density at radius 2 is 2.12 bits per heavy atom. The zero-order valence-electron chi connectivity index (χ0n) is 14.5. The van der Waals surface area contributed by atoms with E-state index in [0.717, 1.165) is 23.3 Å². The van der Waals surface area contributed by atoms with E-state index in [0.29, 0.717) is 17.2 Å². The van der Waals surface area contributed by atoms with Crippen LogP contribution in [-0.2, 0) is 6.42 Å². The average Bonchev–Trinajstić information content (AvgIpc) is 3.27. The Balaban J connectivity index is 1.52. The van der Waals surface area contributed by atoms with Gasteiger partial charge in [0.1, 0.15) is 17.6 Å². The van der Waals surface area contributed by atoms with Crippen LogP contribution in [0.1, 0.15) is 23.0 Å². The summed E-state index contributed by atoms with van der Waals surface area (Å²) < 4.78 is 16.2. The van der Waals surface area contributed by atoms with E-state index in [9.17, 15) is 4.79 Å². The summed E-state index contributed by atoms with van der Waals surface area (Å²) in [6.07, 6.45) is 1.04. The molecule has 0 spiro atoms. The van der Waals surface area contributed by atoms with Gasteiger partial charge in [-0.1, -0.05) is 11.2 Å². The van der Waals surface area contributed by atoms with E-state index >= 15 is 0 Å². The number of nitrogens with zero attached hydrogens (tertiary/aromatic N) is 1. The molecule has 0 unspecified atom stereocenters. The van der Waals surface area contributed by atoms with Gasteiger partial charge in [-0.25, -0.2) is 0 Å². The molecule has 0 radical (unpaired) electrons. The van der Waals surface area contributed by atoms with Gasteiger partial charge in [0.05, 0.1) is 7.11 Å². The summed E-state index contributed by atoms with van der Waals surface area (Å²) in [5, 5.41) is 6.67. The Morgan fingerprint density at radius 3 is 2.96 bits per heavy atom. The van der Waals surface area contributed by atoms with Crippen molar-refractivity contribution in [3.05, 3.63) is 59.8 Å². The number of aromatic nitrogens is 1. The van der Waals surface area contributed by atoms with Crippen LogP contribution in [0.5, 0.6) is 11.5 Å². The molecule has 3 aromatic rings. The lowest BCUT2D eigenvalue weighted by Crippen LogP contribution is -2.12. The van der Waals surface area contributed by atoms with Crippen LogP contribution < -0.4 is 14.8 Å². The van der Waals surface area contributed by atoms with Gasteiger partial charge in [-0.2, -0.15) is 0 Å². The number of nitrogens with one attached hydrogen (secondary N) is 1. The van der Waals surface area contributed by atoms with Crippen LogP contribution in [0.4, 0.5) is 5.69 Å². The van der Waals surface area contributed by atoms with Gasteiger partial charge in [-0.15, -0.1) is 0 Å². The van der Waals surface area contributed by atoms with E-state index in [1.165, 1.54) is 0 Å². The highest BCUT2D eigenvalue weighted by Gasteiger charge is 2.21. The van der Waals surface area contributed by atoms with Gasteiger partial charge < -0.3 is 19.3 Å². The number of hydrogen-bond donors (Lipinski definition) is 1. The van der Waals surface area contributed by atoms with Gasteiger partial charge in [0.25, 0.3) is 5.91 Å². The Kier molecular flexibility index (Phi) is 4.08.